The molecule has 2 heteroatoms. The number of ether oxygens (including phenoxy) is 1. The van der Waals surface area contributed by atoms with Crippen LogP contribution in [-0.4, -0.2) is 12.6 Å². The average Bonchev–Trinajstić information content (AvgIpc) is 2.70. The van der Waals surface area contributed by atoms with Crippen molar-refractivity contribution in [2.24, 2.45) is 5.41 Å². The minimum absolute atomic E-state index is 0.0546. The number of benzene rings is 1. The quantitative estimate of drug-likeness (QED) is 0.557. The lowest BCUT2D eigenvalue weighted by Crippen LogP contribution is -2.37. The number of rotatable bonds is 1. The van der Waals surface area contributed by atoms with Gasteiger partial charge in [-0.15, -0.1) is 0 Å². The van der Waals surface area contributed by atoms with Crippen molar-refractivity contribution in [3.63, 3.8) is 0 Å². The second kappa shape index (κ2) is 4.27. The molecule has 2 fully saturated rings. The first-order valence-electron chi connectivity index (χ1n) is 6.65. The first-order chi connectivity index (χ1) is 8.75. The van der Waals surface area contributed by atoms with Crippen LogP contribution < -0.4 is 0 Å². The van der Waals surface area contributed by atoms with E-state index in [1.807, 2.05) is 18.2 Å². The average molecular weight is 242 g/mol. The Hall–Kier alpha value is -1.57. The van der Waals surface area contributed by atoms with Gasteiger partial charge in [0.25, 0.3) is 0 Å². The summed E-state index contributed by atoms with van der Waals surface area (Å²) in [5.74, 6) is 0.191. The van der Waals surface area contributed by atoms with Crippen LogP contribution in [0.1, 0.15) is 37.2 Å². The van der Waals surface area contributed by atoms with E-state index in [-0.39, 0.29) is 11.9 Å². The lowest BCUT2D eigenvalue weighted by molar-refractivity contribution is -0.148. The van der Waals surface area contributed by atoms with Crippen LogP contribution in [0.15, 0.2) is 42.5 Å². The second-order valence-corrected chi connectivity index (χ2v) is 5.36. The minimum atomic E-state index is -0.445. The molecule has 2 nitrogen and oxygen atoms in total. The minimum Gasteiger partial charge on any atom is -0.460 e. The van der Waals surface area contributed by atoms with E-state index in [1.54, 1.807) is 0 Å². The van der Waals surface area contributed by atoms with Gasteiger partial charge < -0.3 is 4.74 Å². The number of cyclic esters (lactones) is 1. The molecule has 0 amide bonds. The van der Waals surface area contributed by atoms with Crippen LogP contribution in [0, 0.1) is 5.41 Å². The highest BCUT2D eigenvalue weighted by molar-refractivity contribution is 5.85. The molecule has 1 spiro atoms. The summed E-state index contributed by atoms with van der Waals surface area (Å²) >= 11 is 0. The Bertz CT molecular complexity index is 459. The van der Waals surface area contributed by atoms with Gasteiger partial charge in [0.05, 0.1) is 5.41 Å². The summed E-state index contributed by atoms with van der Waals surface area (Å²) in [6.07, 6.45) is 4.22. The summed E-state index contributed by atoms with van der Waals surface area (Å²) < 4.78 is 5.27. The van der Waals surface area contributed by atoms with E-state index in [2.05, 4.69) is 18.7 Å². The van der Waals surface area contributed by atoms with Gasteiger partial charge in [-0.05, 0) is 24.0 Å². The first kappa shape index (κ1) is 11.5. The molecule has 1 aliphatic carbocycles. The third kappa shape index (κ3) is 1.52. The summed E-state index contributed by atoms with van der Waals surface area (Å²) in [7, 11) is 0. The number of carbonyl (C=O) groups is 1. The van der Waals surface area contributed by atoms with Gasteiger partial charge in [0, 0.05) is 5.92 Å². The molecule has 1 heterocycles. The Balaban J connectivity index is 2.06. The SMILES string of the molecule is C=C1COC(=O)[C@@]12CCCC[C@@H]2c1ccccc1. The molecule has 0 unspecified atom stereocenters. The van der Waals surface area contributed by atoms with Crippen LogP contribution in [0.2, 0.25) is 0 Å². The molecule has 2 atom stereocenters. The molecule has 0 aromatic heterocycles. The van der Waals surface area contributed by atoms with E-state index < -0.39 is 5.41 Å². The van der Waals surface area contributed by atoms with Crippen molar-refractivity contribution in [2.75, 3.05) is 6.61 Å². The van der Waals surface area contributed by atoms with Gasteiger partial charge in [0.1, 0.15) is 6.61 Å². The fourth-order valence-corrected chi connectivity index (χ4v) is 3.53. The number of carbonyl (C=O) groups excluding carboxylic acids is 1. The maximum atomic E-state index is 12.3. The molecule has 0 bridgehead atoms. The highest BCUT2D eigenvalue weighted by atomic mass is 16.5. The Labute approximate surface area is 108 Å². The molecule has 18 heavy (non-hydrogen) atoms. The van der Waals surface area contributed by atoms with Crippen molar-refractivity contribution in [2.45, 2.75) is 31.6 Å². The van der Waals surface area contributed by atoms with Crippen LogP contribution in [0.25, 0.3) is 0 Å². The molecule has 2 aliphatic rings. The van der Waals surface area contributed by atoms with Gasteiger partial charge >= 0.3 is 5.97 Å². The largest absolute Gasteiger partial charge is 0.460 e. The van der Waals surface area contributed by atoms with E-state index in [9.17, 15) is 4.79 Å². The molecule has 1 aromatic rings. The number of hydrogen-bond acceptors (Lipinski definition) is 2. The molecule has 0 N–H and O–H groups in total. The number of esters is 1. The Morgan fingerprint density at radius 3 is 2.67 bits per heavy atom. The van der Waals surface area contributed by atoms with Crippen molar-refractivity contribution in [3.05, 3.63) is 48.0 Å². The standard InChI is InChI=1S/C16H18O2/c1-12-11-18-15(17)16(12)10-6-5-9-14(16)13-7-3-2-4-8-13/h2-4,7-8,14H,1,5-6,9-11H2/t14-,16+/m1/s1. The maximum absolute atomic E-state index is 12.3. The Morgan fingerprint density at radius 1 is 1.22 bits per heavy atom. The van der Waals surface area contributed by atoms with E-state index in [1.165, 1.54) is 12.0 Å². The monoisotopic (exact) mass is 242 g/mol. The van der Waals surface area contributed by atoms with E-state index in [0.717, 1.165) is 24.8 Å². The van der Waals surface area contributed by atoms with Crippen molar-refractivity contribution >= 4 is 5.97 Å². The third-order valence-electron chi connectivity index (χ3n) is 4.48. The van der Waals surface area contributed by atoms with Gasteiger partial charge in [-0.1, -0.05) is 49.8 Å². The second-order valence-electron chi connectivity index (χ2n) is 5.36. The highest BCUT2D eigenvalue weighted by Gasteiger charge is 2.54. The lowest BCUT2D eigenvalue weighted by atomic mass is 9.61. The fraction of sp³-hybridized carbons (Fsp3) is 0.438. The third-order valence-corrected chi connectivity index (χ3v) is 4.48. The topological polar surface area (TPSA) is 26.3 Å². The van der Waals surface area contributed by atoms with Crippen molar-refractivity contribution in [3.8, 4) is 0 Å². The van der Waals surface area contributed by atoms with Gasteiger partial charge in [-0.3, -0.25) is 4.79 Å². The van der Waals surface area contributed by atoms with Crippen LogP contribution in [0.4, 0.5) is 0 Å². The van der Waals surface area contributed by atoms with Gasteiger partial charge in [-0.25, -0.2) is 0 Å². The zero-order chi connectivity index (χ0) is 12.6. The molecule has 1 aliphatic heterocycles. The predicted molar refractivity (Wildman–Crippen MR) is 70.2 cm³/mol. The molecule has 1 aromatic carbocycles. The van der Waals surface area contributed by atoms with E-state index >= 15 is 0 Å². The molecule has 94 valence electrons. The Morgan fingerprint density at radius 2 is 2.00 bits per heavy atom. The van der Waals surface area contributed by atoms with Crippen molar-refractivity contribution in [1.82, 2.24) is 0 Å². The maximum Gasteiger partial charge on any atom is 0.317 e. The zero-order valence-electron chi connectivity index (χ0n) is 10.5. The predicted octanol–water partition coefficient (Wildman–Crippen LogP) is 3.44. The summed E-state index contributed by atoms with van der Waals surface area (Å²) in [5, 5.41) is 0. The van der Waals surface area contributed by atoms with Crippen molar-refractivity contribution < 1.29 is 9.53 Å². The molecular formula is C16H18O2. The van der Waals surface area contributed by atoms with E-state index in [4.69, 9.17) is 4.74 Å². The molecular weight excluding hydrogens is 224 g/mol. The zero-order valence-corrected chi connectivity index (χ0v) is 10.5. The molecule has 1 saturated heterocycles. The van der Waals surface area contributed by atoms with Gasteiger partial charge in [0.2, 0.25) is 0 Å². The van der Waals surface area contributed by atoms with Crippen LogP contribution in [-0.2, 0) is 9.53 Å². The van der Waals surface area contributed by atoms with Crippen LogP contribution in [0.3, 0.4) is 0 Å². The molecule has 0 radical (unpaired) electrons. The first-order valence-corrected chi connectivity index (χ1v) is 6.65. The highest BCUT2D eigenvalue weighted by Crippen LogP contribution is 2.54. The summed E-state index contributed by atoms with van der Waals surface area (Å²) in [6.45, 7) is 4.52. The van der Waals surface area contributed by atoms with Crippen LogP contribution in [0.5, 0.6) is 0 Å². The lowest BCUT2D eigenvalue weighted by Gasteiger charge is -2.39. The smallest absolute Gasteiger partial charge is 0.317 e. The fourth-order valence-electron chi connectivity index (χ4n) is 3.53. The molecule has 1 saturated carbocycles. The van der Waals surface area contributed by atoms with Crippen molar-refractivity contribution in [1.29, 1.82) is 0 Å². The summed E-state index contributed by atoms with van der Waals surface area (Å²) in [6, 6.07) is 10.3. The van der Waals surface area contributed by atoms with E-state index in [0.29, 0.717) is 6.61 Å². The normalized spacial score (nSPS) is 31.7. The van der Waals surface area contributed by atoms with Gasteiger partial charge in [-0.2, -0.15) is 0 Å². The number of hydrogen-bond donors (Lipinski definition) is 0. The van der Waals surface area contributed by atoms with Gasteiger partial charge in [0.15, 0.2) is 0 Å². The summed E-state index contributed by atoms with van der Waals surface area (Å²) in [5.41, 5.74) is 1.78. The summed E-state index contributed by atoms with van der Waals surface area (Å²) in [4.78, 5) is 12.3. The van der Waals surface area contributed by atoms with Crippen LogP contribution >= 0.6 is 0 Å². The Kier molecular flexibility index (Phi) is 2.73. The molecule has 3 rings (SSSR count).